The molecule has 0 saturated carbocycles. The van der Waals surface area contributed by atoms with E-state index in [1.54, 1.807) is 17.9 Å². The van der Waals surface area contributed by atoms with Crippen LogP contribution in [0.3, 0.4) is 0 Å². The van der Waals surface area contributed by atoms with Crippen LogP contribution in [0.25, 0.3) is 0 Å². The maximum absolute atomic E-state index is 14.1. The van der Waals surface area contributed by atoms with Crippen molar-refractivity contribution in [3.8, 4) is 0 Å². The van der Waals surface area contributed by atoms with Crippen LogP contribution in [0.15, 0.2) is 22.7 Å². The highest BCUT2D eigenvalue weighted by molar-refractivity contribution is 9.10. The van der Waals surface area contributed by atoms with Crippen LogP contribution in [0.5, 0.6) is 0 Å². The molecule has 0 aliphatic heterocycles. The summed E-state index contributed by atoms with van der Waals surface area (Å²) in [6.07, 6.45) is 0. The molecule has 6 nitrogen and oxygen atoms in total. The third-order valence-corrected chi connectivity index (χ3v) is 6.08. The number of hydrogen-bond acceptors (Lipinski definition) is 5. The van der Waals surface area contributed by atoms with Gasteiger partial charge in [0.1, 0.15) is 10.8 Å². The topological polar surface area (TPSA) is 70.7 Å². The van der Waals surface area contributed by atoms with Gasteiger partial charge in [0.25, 0.3) is 5.91 Å². The van der Waals surface area contributed by atoms with Crippen LogP contribution >= 0.6 is 39.5 Å². The van der Waals surface area contributed by atoms with Crippen LogP contribution in [0.1, 0.15) is 39.4 Å². The number of esters is 1. The van der Waals surface area contributed by atoms with Crippen molar-refractivity contribution in [1.29, 1.82) is 0 Å². The number of nitrogens with one attached hydrogen (secondary N) is 2. The SMILES string of the molecule is CCN(CC)C(=O)c1sc(NC(=S)Nc2ccc(Br)cc2F)c(C(=O)OC)c1C. The molecular weight excluding hydrogens is 481 g/mol. The van der Waals surface area contributed by atoms with Crippen LogP contribution in [0, 0.1) is 12.7 Å². The van der Waals surface area contributed by atoms with Crippen LogP contribution in [0.4, 0.5) is 15.1 Å². The van der Waals surface area contributed by atoms with Crippen LogP contribution in [-0.4, -0.2) is 42.1 Å². The lowest BCUT2D eigenvalue weighted by atomic mass is 10.1. The van der Waals surface area contributed by atoms with E-state index in [1.807, 2.05) is 13.8 Å². The molecule has 10 heteroatoms. The molecule has 0 saturated heterocycles. The Hall–Kier alpha value is -2.04. The lowest BCUT2D eigenvalue weighted by Gasteiger charge is -2.18. The molecule has 1 heterocycles. The van der Waals surface area contributed by atoms with Gasteiger partial charge in [-0.2, -0.15) is 0 Å². The van der Waals surface area contributed by atoms with Gasteiger partial charge in [0, 0.05) is 17.6 Å². The first-order chi connectivity index (χ1) is 13.7. The Labute approximate surface area is 186 Å². The highest BCUT2D eigenvalue weighted by atomic mass is 79.9. The number of methoxy groups -OCH3 is 1. The van der Waals surface area contributed by atoms with Crippen molar-refractivity contribution in [3.63, 3.8) is 0 Å². The molecule has 0 aliphatic carbocycles. The first kappa shape index (κ1) is 23.2. The highest BCUT2D eigenvalue weighted by Gasteiger charge is 2.27. The van der Waals surface area contributed by atoms with Crippen molar-refractivity contribution in [3.05, 3.63) is 44.5 Å². The number of benzene rings is 1. The molecule has 0 aliphatic rings. The molecule has 2 aromatic rings. The Bertz CT molecular complexity index is 945. The second-order valence-corrected chi connectivity index (χ2v) is 8.28. The van der Waals surface area contributed by atoms with Gasteiger partial charge in [0.15, 0.2) is 5.11 Å². The number of carbonyl (C=O) groups is 2. The Morgan fingerprint density at radius 2 is 1.93 bits per heavy atom. The van der Waals surface area contributed by atoms with E-state index in [4.69, 9.17) is 17.0 Å². The number of halogens is 2. The van der Waals surface area contributed by atoms with Crippen molar-refractivity contribution in [2.24, 2.45) is 0 Å². The van der Waals surface area contributed by atoms with Crippen LogP contribution in [-0.2, 0) is 4.74 Å². The summed E-state index contributed by atoms with van der Waals surface area (Å²) in [5, 5.41) is 6.10. The maximum atomic E-state index is 14.1. The predicted molar refractivity (Wildman–Crippen MR) is 122 cm³/mol. The number of ether oxygens (including phenoxy) is 1. The van der Waals surface area contributed by atoms with Crippen molar-refractivity contribution in [2.45, 2.75) is 20.8 Å². The fourth-order valence-electron chi connectivity index (χ4n) is 2.66. The number of rotatable bonds is 6. The van der Waals surface area contributed by atoms with E-state index < -0.39 is 11.8 Å². The van der Waals surface area contributed by atoms with Gasteiger partial charge in [0.2, 0.25) is 0 Å². The van der Waals surface area contributed by atoms with Gasteiger partial charge in [-0.25, -0.2) is 9.18 Å². The summed E-state index contributed by atoms with van der Waals surface area (Å²) in [6.45, 7) is 6.56. The molecule has 1 aromatic carbocycles. The van der Waals surface area contributed by atoms with Crippen molar-refractivity contribution in [1.82, 2.24) is 4.90 Å². The molecule has 0 radical (unpaired) electrons. The van der Waals surface area contributed by atoms with Crippen LogP contribution < -0.4 is 10.6 Å². The fraction of sp³-hybridized carbons (Fsp3) is 0.316. The number of hydrogen-bond donors (Lipinski definition) is 2. The quantitative estimate of drug-likeness (QED) is 0.426. The minimum Gasteiger partial charge on any atom is -0.465 e. The Balaban J connectivity index is 2.35. The molecule has 2 rings (SSSR count). The number of thiocarbonyl (C=S) groups is 1. The van der Waals surface area contributed by atoms with Gasteiger partial charge in [-0.05, 0) is 56.8 Å². The largest absolute Gasteiger partial charge is 0.465 e. The van der Waals surface area contributed by atoms with Gasteiger partial charge in [-0.15, -0.1) is 11.3 Å². The molecule has 29 heavy (non-hydrogen) atoms. The molecule has 2 N–H and O–H groups in total. The second-order valence-electron chi connectivity index (χ2n) is 5.93. The summed E-state index contributed by atoms with van der Waals surface area (Å²) in [5.41, 5.74) is 0.922. The molecule has 0 spiro atoms. The zero-order chi connectivity index (χ0) is 21.7. The van der Waals surface area contributed by atoms with E-state index in [-0.39, 0.29) is 22.3 Å². The fourth-order valence-corrected chi connectivity index (χ4v) is 4.43. The Kier molecular flexibility index (Phi) is 8.12. The van der Waals surface area contributed by atoms with E-state index in [0.717, 1.165) is 11.3 Å². The van der Waals surface area contributed by atoms with E-state index in [0.29, 0.717) is 33.0 Å². The average Bonchev–Trinajstić information content (AvgIpc) is 3.00. The van der Waals surface area contributed by atoms with Crippen molar-refractivity contribution < 1.29 is 18.7 Å². The zero-order valence-electron chi connectivity index (χ0n) is 16.4. The molecule has 0 atom stereocenters. The standard InChI is InChI=1S/C19H21BrFN3O3S2/c1-5-24(6-2)17(25)15-10(3)14(18(26)27-4)16(29-15)23-19(28)22-13-8-7-11(20)9-12(13)21/h7-9H,5-6H2,1-4H3,(H2,22,23,28). The van der Waals surface area contributed by atoms with Crippen molar-refractivity contribution >= 4 is 67.2 Å². The molecular formula is C19H21BrFN3O3S2. The number of carbonyl (C=O) groups excluding carboxylic acids is 2. The van der Waals surface area contributed by atoms with Gasteiger partial charge in [-0.3, -0.25) is 4.79 Å². The molecule has 1 amide bonds. The van der Waals surface area contributed by atoms with Gasteiger partial charge in [0.05, 0.1) is 23.2 Å². The summed E-state index contributed by atoms with van der Waals surface area (Å²) in [4.78, 5) is 27.2. The normalized spacial score (nSPS) is 10.4. The average molecular weight is 502 g/mol. The van der Waals surface area contributed by atoms with E-state index in [2.05, 4.69) is 26.6 Å². The molecule has 0 fully saturated rings. The lowest BCUT2D eigenvalue weighted by Crippen LogP contribution is -2.30. The zero-order valence-corrected chi connectivity index (χ0v) is 19.6. The van der Waals surface area contributed by atoms with Gasteiger partial charge in [-0.1, -0.05) is 15.9 Å². The first-order valence-corrected chi connectivity index (χ1v) is 10.8. The third-order valence-electron chi connectivity index (χ3n) is 4.19. The predicted octanol–water partition coefficient (Wildman–Crippen LogP) is 5.04. The van der Waals surface area contributed by atoms with Crippen molar-refractivity contribution in [2.75, 3.05) is 30.8 Å². The summed E-state index contributed by atoms with van der Waals surface area (Å²) in [5.74, 6) is -1.25. The number of anilines is 2. The summed E-state index contributed by atoms with van der Waals surface area (Å²) in [6, 6.07) is 4.51. The lowest BCUT2D eigenvalue weighted by molar-refractivity contribution is 0.0601. The molecule has 1 aromatic heterocycles. The number of amides is 1. The minimum atomic E-state index is -0.586. The summed E-state index contributed by atoms with van der Waals surface area (Å²) in [7, 11) is 1.27. The molecule has 0 unspecified atom stereocenters. The molecule has 0 bridgehead atoms. The van der Waals surface area contributed by atoms with E-state index in [9.17, 15) is 14.0 Å². The van der Waals surface area contributed by atoms with Gasteiger partial charge < -0.3 is 20.3 Å². The maximum Gasteiger partial charge on any atom is 0.341 e. The number of thiophene rings is 1. The van der Waals surface area contributed by atoms with E-state index >= 15 is 0 Å². The first-order valence-electron chi connectivity index (χ1n) is 8.77. The highest BCUT2D eigenvalue weighted by Crippen LogP contribution is 2.34. The monoisotopic (exact) mass is 501 g/mol. The smallest absolute Gasteiger partial charge is 0.341 e. The molecule has 156 valence electrons. The number of nitrogens with zero attached hydrogens (tertiary/aromatic N) is 1. The minimum absolute atomic E-state index is 0.0828. The summed E-state index contributed by atoms with van der Waals surface area (Å²) >= 11 is 9.57. The van der Waals surface area contributed by atoms with Gasteiger partial charge >= 0.3 is 5.97 Å². The van der Waals surface area contributed by atoms with Crippen LogP contribution in [0.2, 0.25) is 0 Å². The summed E-state index contributed by atoms with van der Waals surface area (Å²) < 4.78 is 19.5. The third kappa shape index (κ3) is 5.31. The Morgan fingerprint density at radius 1 is 1.28 bits per heavy atom. The second kappa shape index (κ2) is 10.1. The Morgan fingerprint density at radius 3 is 2.48 bits per heavy atom. The van der Waals surface area contributed by atoms with E-state index in [1.165, 1.54) is 19.2 Å².